The van der Waals surface area contributed by atoms with E-state index >= 15 is 0 Å². The molecule has 0 amide bonds. The van der Waals surface area contributed by atoms with Crippen LogP contribution in [0.4, 0.5) is 0 Å². The highest BCUT2D eigenvalue weighted by Crippen LogP contribution is 2.20. The van der Waals surface area contributed by atoms with Gasteiger partial charge in [0.1, 0.15) is 11.6 Å². The summed E-state index contributed by atoms with van der Waals surface area (Å²) in [5, 5.41) is 17.3. The molecule has 2 heterocycles. The van der Waals surface area contributed by atoms with Crippen molar-refractivity contribution in [2.24, 2.45) is 10.9 Å². The van der Waals surface area contributed by atoms with E-state index in [9.17, 15) is 0 Å². The molecule has 0 fully saturated rings. The first kappa shape index (κ1) is 13.0. The van der Waals surface area contributed by atoms with Crippen LogP contribution in [0.15, 0.2) is 35.5 Å². The Labute approximate surface area is 120 Å². The first-order valence-corrected chi connectivity index (χ1v) is 6.38. The number of nitrogens with zero attached hydrogens (tertiary/aromatic N) is 5. The lowest BCUT2D eigenvalue weighted by Crippen LogP contribution is -2.18. The van der Waals surface area contributed by atoms with Gasteiger partial charge in [-0.3, -0.25) is 0 Å². The Hall–Kier alpha value is -2.96. The van der Waals surface area contributed by atoms with Gasteiger partial charge in [-0.1, -0.05) is 23.4 Å². The van der Waals surface area contributed by atoms with E-state index in [1.54, 1.807) is 11.6 Å². The van der Waals surface area contributed by atoms with Gasteiger partial charge >= 0.3 is 0 Å². The Morgan fingerprint density at radius 3 is 2.67 bits per heavy atom. The fourth-order valence-electron chi connectivity index (χ4n) is 2.23. The first-order chi connectivity index (χ1) is 10.1. The molecule has 0 atom stereocenters. The van der Waals surface area contributed by atoms with Crippen LogP contribution in [0.5, 0.6) is 0 Å². The average Bonchev–Trinajstić information content (AvgIpc) is 2.83. The number of nitrogens with two attached hydrogens (primary N) is 1. The van der Waals surface area contributed by atoms with Crippen LogP contribution >= 0.6 is 0 Å². The van der Waals surface area contributed by atoms with Crippen LogP contribution < -0.4 is 5.73 Å². The second kappa shape index (κ2) is 4.86. The summed E-state index contributed by atoms with van der Waals surface area (Å²) in [6, 6.07) is 9.45. The second-order valence-electron chi connectivity index (χ2n) is 4.66. The highest BCUT2D eigenvalue weighted by molar-refractivity contribution is 6.02. The van der Waals surface area contributed by atoms with E-state index in [-0.39, 0.29) is 5.84 Å². The number of hydrogen-bond donors (Lipinski definition) is 2. The van der Waals surface area contributed by atoms with Gasteiger partial charge in [0, 0.05) is 5.39 Å². The molecule has 0 aliphatic heterocycles. The maximum Gasteiger partial charge on any atom is 0.173 e. The smallest absolute Gasteiger partial charge is 0.173 e. The lowest BCUT2D eigenvalue weighted by Gasteiger charge is -2.10. The Morgan fingerprint density at radius 1 is 1.24 bits per heavy atom. The average molecular weight is 282 g/mol. The molecule has 7 heteroatoms. The zero-order valence-electron chi connectivity index (χ0n) is 11.6. The molecule has 0 saturated heterocycles. The van der Waals surface area contributed by atoms with Gasteiger partial charge in [-0.25, -0.2) is 9.97 Å². The van der Waals surface area contributed by atoms with Crippen molar-refractivity contribution in [3.05, 3.63) is 47.5 Å². The first-order valence-electron chi connectivity index (χ1n) is 6.38. The van der Waals surface area contributed by atoms with Crippen molar-refractivity contribution in [2.45, 2.75) is 13.8 Å². The molecule has 0 bridgehead atoms. The highest BCUT2D eigenvalue weighted by Gasteiger charge is 2.16. The van der Waals surface area contributed by atoms with E-state index in [1.165, 1.54) is 0 Å². The third kappa shape index (κ3) is 2.18. The van der Waals surface area contributed by atoms with Crippen LogP contribution in [0.25, 0.3) is 16.7 Å². The van der Waals surface area contributed by atoms with E-state index in [2.05, 4.69) is 20.2 Å². The molecule has 7 nitrogen and oxygen atoms in total. The molecular weight excluding hydrogens is 268 g/mol. The van der Waals surface area contributed by atoms with Gasteiger partial charge in [-0.2, -0.15) is 4.68 Å². The maximum atomic E-state index is 9.00. The van der Waals surface area contributed by atoms with E-state index < -0.39 is 0 Å². The van der Waals surface area contributed by atoms with E-state index in [4.69, 9.17) is 10.9 Å². The van der Waals surface area contributed by atoms with Crippen molar-refractivity contribution in [2.75, 3.05) is 0 Å². The Balaban J connectivity index is 2.36. The van der Waals surface area contributed by atoms with Gasteiger partial charge in [0.2, 0.25) is 0 Å². The van der Waals surface area contributed by atoms with E-state index in [1.807, 2.05) is 37.3 Å². The predicted molar refractivity (Wildman–Crippen MR) is 78.6 cm³/mol. The van der Waals surface area contributed by atoms with Gasteiger partial charge in [0.05, 0.1) is 11.1 Å². The third-order valence-electron chi connectivity index (χ3n) is 3.16. The molecule has 0 aliphatic rings. The van der Waals surface area contributed by atoms with Crippen molar-refractivity contribution in [3.63, 3.8) is 0 Å². The number of pyridine rings is 1. The van der Waals surface area contributed by atoms with Crippen LogP contribution in [0.1, 0.15) is 17.2 Å². The molecule has 3 aromatic rings. The minimum Gasteiger partial charge on any atom is -0.409 e. The zero-order chi connectivity index (χ0) is 15.0. The maximum absolute atomic E-state index is 9.00. The van der Waals surface area contributed by atoms with Crippen molar-refractivity contribution in [1.29, 1.82) is 0 Å². The van der Waals surface area contributed by atoms with Gasteiger partial charge in [-0.05, 0) is 26.0 Å². The van der Waals surface area contributed by atoms with Crippen molar-refractivity contribution < 1.29 is 5.21 Å². The van der Waals surface area contributed by atoms with Crippen molar-refractivity contribution in [3.8, 4) is 5.82 Å². The van der Waals surface area contributed by atoms with Crippen LogP contribution in [-0.2, 0) is 0 Å². The molecule has 106 valence electrons. The number of rotatable bonds is 2. The number of aromatic nitrogens is 4. The summed E-state index contributed by atoms with van der Waals surface area (Å²) >= 11 is 0. The molecule has 0 saturated carbocycles. The minimum atomic E-state index is -0.0178. The van der Waals surface area contributed by atoms with Crippen LogP contribution in [-0.4, -0.2) is 30.8 Å². The standard InChI is InChI=1S/C14H14N6O/c1-8-16-9(2)20(18-8)14-11(13(15)19-21)7-10-5-3-4-6-12(10)17-14/h3-7,21H,1-2H3,(H2,15,19). The Morgan fingerprint density at radius 2 is 2.00 bits per heavy atom. The number of amidine groups is 1. The Kier molecular flexibility index (Phi) is 3.02. The molecular formula is C14H14N6O. The van der Waals surface area contributed by atoms with E-state index in [0.29, 0.717) is 23.0 Å². The summed E-state index contributed by atoms with van der Waals surface area (Å²) in [5.74, 6) is 1.79. The second-order valence-corrected chi connectivity index (χ2v) is 4.66. The van der Waals surface area contributed by atoms with Crippen molar-refractivity contribution in [1.82, 2.24) is 19.7 Å². The number of benzene rings is 1. The summed E-state index contributed by atoms with van der Waals surface area (Å²) in [5.41, 5.74) is 7.08. The highest BCUT2D eigenvalue weighted by atomic mass is 16.4. The van der Waals surface area contributed by atoms with Crippen molar-refractivity contribution >= 4 is 16.7 Å². The molecule has 0 radical (unpaired) electrons. The molecule has 2 aromatic heterocycles. The largest absolute Gasteiger partial charge is 0.409 e. The molecule has 0 aliphatic carbocycles. The lowest BCUT2D eigenvalue weighted by molar-refractivity contribution is 0.318. The normalized spacial score (nSPS) is 12.0. The lowest BCUT2D eigenvalue weighted by atomic mass is 10.1. The molecule has 3 N–H and O–H groups in total. The van der Waals surface area contributed by atoms with Crippen LogP contribution in [0, 0.1) is 13.8 Å². The topological polar surface area (TPSA) is 102 Å². The Bertz CT molecular complexity index is 852. The number of fused-ring (bicyclic) bond motifs is 1. The SMILES string of the molecule is Cc1nc(C)n(-c2nc3ccccc3cc2C(N)=NO)n1. The molecule has 1 aromatic carbocycles. The van der Waals surface area contributed by atoms with Crippen LogP contribution in [0.2, 0.25) is 0 Å². The summed E-state index contributed by atoms with van der Waals surface area (Å²) < 4.78 is 1.59. The van der Waals surface area contributed by atoms with Gasteiger partial charge in [0.25, 0.3) is 0 Å². The minimum absolute atomic E-state index is 0.0178. The molecule has 0 unspecified atom stereocenters. The fourth-order valence-corrected chi connectivity index (χ4v) is 2.23. The summed E-state index contributed by atoms with van der Waals surface area (Å²) in [6.45, 7) is 3.63. The predicted octanol–water partition coefficient (Wildman–Crippen LogP) is 1.53. The van der Waals surface area contributed by atoms with Crippen LogP contribution in [0.3, 0.4) is 0 Å². The monoisotopic (exact) mass is 282 g/mol. The summed E-state index contributed by atoms with van der Waals surface area (Å²) in [4.78, 5) is 8.84. The fraction of sp³-hybridized carbons (Fsp3) is 0.143. The molecule has 21 heavy (non-hydrogen) atoms. The van der Waals surface area contributed by atoms with Gasteiger partial charge in [0.15, 0.2) is 11.7 Å². The number of para-hydroxylation sites is 1. The van der Waals surface area contributed by atoms with Gasteiger partial charge < -0.3 is 10.9 Å². The quantitative estimate of drug-likeness (QED) is 0.321. The zero-order valence-corrected chi connectivity index (χ0v) is 11.6. The number of oxime groups is 1. The van der Waals surface area contributed by atoms with Gasteiger partial charge in [-0.15, -0.1) is 5.10 Å². The molecule has 0 spiro atoms. The summed E-state index contributed by atoms with van der Waals surface area (Å²) in [7, 11) is 0. The molecule has 3 rings (SSSR count). The number of hydrogen-bond acceptors (Lipinski definition) is 5. The summed E-state index contributed by atoms with van der Waals surface area (Å²) in [6.07, 6.45) is 0. The number of aryl methyl sites for hydroxylation is 2. The van der Waals surface area contributed by atoms with E-state index in [0.717, 1.165) is 10.9 Å². The third-order valence-corrected chi connectivity index (χ3v) is 3.16.